The van der Waals surface area contributed by atoms with Crippen molar-refractivity contribution in [2.24, 2.45) is 10.8 Å². The van der Waals surface area contributed by atoms with Gasteiger partial charge in [0.05, 0.1) is 0 Å². The number of carbonyl (C=O) groups excluding carboxylic acids is 2. The molecule has 0 saturated carbocycles. The standard InChI is InChI=1S/C25H32N2O2/c1-24(2,3)14-22(28)26-18-7-9-20-16(12-18)11-17-13-19(8-10-21(17)20)27-23(29)15-25(4,5)6/h7-10,12-13H,11,14-15H2,1-6H3,(H,26,28)(H,27,29). The van der Waals surface area contributed by atoms with Crippen molar-refractivity contribution in [1.82, 2.24) is 0 Å². The summed E-state index contributed by atoms with van der Waals surface area (Å²) in [5.74, 6) is 0.0774. The lowest BCUT2D eigenvalue weighted by Crippen LogP contribution is -2.19. The molecule has 0 atom stereocenters. The zero-order chi connectivity index (χ0) is 21.4. The van der Waals surface area contributed by atoms with Crippen molar-refractivity contribution in [1.29, 1.82) is 0 Å². The molecule has 0 unspecified atom stereocenters. The second kappa shape index (κ2) is 7.66. The van der Waals surface area contributed by atoms with E-state index in [2.05, 4.69) is 76.4 Å². The number of hydrogen-bond acceptors (Lipinski definition) is 2. The minimum atomic E-state index is -0.0368. The van der Waals surface area contributed by atoms with Crippen molar-refractivity contribution in [3.63, 3.8) is 0 Å². The van der Waals surface area contributed by atoms with Crippen molar-refractivity contribution in [2.45, 2.75) is 60.8 Å². The van der Waals surface area contributed by atoms with Gasteiger partial charge >= 0.3 is 0 Å². The number of amides is 2. The lowest BCUT2D eigenvalue weighted by Gasteiger charge is -2.17. The van der Waals surface area contributed by atoms with Crippen LogP contribution in [0.4, 0.5) is 11.4 Å². The Bertz CT molecular complexity index is 869. The molecule has 2 amide bonds. The Morgan fingerprint density at radius 1 is 0.724 bits per heavy atom. The lowest BCUT2D eigenvalue weighted by atomic mass is 9.92. The molecular weight excluding hydrogens is 360 g/mol. The molecule has 0 bridgehead atoms. The summed E-state index contributed by atoms with van der Waals surface area (Å²) in [5.41, 5.74) is 6.39. The number of fused-ring (bicyclic) bond motifs is 3. The average Bonchev–Trinajstić information content (AvgIpc) is 2.87. The first-order valence-electron chi connectivity index (χ1n) is 10.3. The third-order valence-corrected chi connectivity index (χ3v) is 4.83. The molecule has 0 saturated heterocycles. The first kappa shape index (κ1) is 21.1. The molecular formula is C25H32N2O2. The fourth-order valence-electron chi connectivity index (χ4n) is 3.74. The third kappa shape index (κ3) is 5.69. The van der Waals surface area contributed by atoms with Gasteiger partial charge in [-0.2, -0.15) is 0 Å². The van der Waals surface area contributed by atoms with Crippen LogP contribution in [0.5, 0.6) is 0 Å². The van der Waals surface area contributed by atoms with E-state index in [-0.39, 0.29) is 22.6 Å². The number of nitrogens with one attached hydrogen (secondary N) is 2. The van der Waals surface area contributed by atoms with Crippen molar-refractivity contribution >= 4 is 23.2 Å². The molecule has 2 aromatic rings. The fourth-order valence-corrected chi connectivity index (χ4v) is 3.74. The van der Waals surface area contributed by atoms with Gasteiger partial charge in [-0.1, -0.05) is 53.7 Å². The third-order valence-electron chi connectivity index (χ3n) is 4.83. The van der Waals surface area contributed by atoms with Gasteiger partial charge < -0.3 is 10.6 Å². The van der Waals surface area contributed by atoms with E-state index in [4.69, 9.17) is 0 Å². The van der Waals surface area contributed by atoms with E-state index in [1.807, 2.05) is 12.1 Å². The van der Waals surface area contributed by atoms with E-state index in [0.29, 0.717) is 12.8 Å². The van der Waals surface area contributed by atoms with Gasteiger partial charge in [0.25, 0.3) is 0 Å². The van der Waals surface area contributed by atoms with Crippen molar-refractivity contribution < 1.29 is 9.59 Å². The van der Waals surface area contributed by atoms with Crippen LogP contribution < -0.4 is 10.6 Å². The molecule has 154 valence electrons. The van der Waals surface area contributed by atoms with Crippen LogP contribution >= 0.6 is 0 Å². The molecule has 2 N–H and O–H groups in total. The molecule has 2 aromatic carbocycles. The van der Waals surface area contributed by atoms with Crippen LogP contribution in [-0.4, -0.2) is 11.8 Å². The molecule has 0 aromatic heterocycles. The second-order valence-electron chi connectivity index (χ2n) is 10.5. The maximum Gasteiger partial charge on any atom is 0.224 e. The lowest BCUT2D eigenvalue weighted by molar-refractivity contribution is -0.118. The van der Waals surface area contributed by atoms with E-state index >= 15 is 0 Å². The SMILES string of the molecule is CC(C)(C)CC(=O)Nc1ccc2c(c1)Cc1cc(NC(=O)CC(C)(C)C)ccc1-2. The normalized spacial score (nSPS) is 12.9. The summed E-state index contributed by atoms with van der Waals surface area (Å²) in [7, 11) is 0. The largest absolute Gasteiger partial charge is 0.326 e. The van der Waals surface area contributed by atoms with E-state index in [1.165, 1.54) is 22.3 Å². The van der Waals surface area contributed by atoms with E-state index < -0.39 is 0 Å². The topological polar surface area (TPSA) is 58.2 Å². The number of hydrogen-bond donors (Lipinski definition) is 2. The summed E-state index contributed by atoms with van der Waals surface area (Å²) in [6.45, 7) is 12.4. The summed E-state index contributed by atoms with van der Waals surface area (Å²) in [4.78, 5) is 24.5. The Balaban J connectivity index is 1.72. The van der Waals surface area contributed by atoms with E-state index in [1.54, 1.807) is 0 Å². The van der Waals surface area contributed by atoms with E-state index in [9.17, 15) is 9.59 Å². The number of rotatable bonds is 4. The van der Waals surface area contributed by atoms with Crippen LogP contribution in [-0.2, 0) is 16.0 Å². The molecule has 1 aliphatic carbocycles. The molecule has 0 heterocycles. The van der Waals surface area contributed by atoms with Crippen molar-refractivity contribution in [3.05, 3.63) is 47.5 Å². The molecule has 29 heavy (non-hydrogen) atoms. The highest BCUT2D eigenvalue weighted by Gasteiger charge is 2.21. The zero-order valence-electron chi connectivity index (χ0n) is 18.4. The van der Waals surface area contributed by atoms with Crippen LogP contribution in [0.1, 0.15) is 65.5 Å². The summed E-state index contributed by atoms with van der Waals surface area (Å²) >= 11 is 0. The number of anilines is 2. The van der Waals surface area contributed by atoms with Crippen molar-refractivity contribution in [2.75, 3.05) is 10.6 Å². The van der Waals surface area contributed by atoms with E-state index in [0.717, 1.165) is 17.8 Å². The van der Waals surface area contributed by atoms with Crippen LogP contribution in [0.2, 0.25) is 0 Å². The Morgan fingerprint density at radius 3 is 1.45 bits per heavy atom. The summed E-state index contributed by atoms with van der Waals surface area (Å²) in [5, 5.41) is 6.04. The smallest absolute Gasteiger partial charge is 0.224 e. The van der Waals surface area contributed by atoms with Crippen LogP contribution in [0.3, 0.4) is 0 Å². The summed E-state index contributed by atoms with van der Waals surface area (Å²) in [6.07, 6.45) is 1.78. The van der Waals surface area contributed by atoms with Gasteiger partial charge in [0, 0.05) is 24.2 Å². The molecule has 0 radical (unpaired) electrons. The molecule has 4 heteroatoms. The maximum atomic E-state index is 12.2. The summed E-state index contributed by atoms with van der Waals surface area (Å²) < 4.78 is 0. The van der Waals surface area contributed by atoms with Gasteiger partial charge in [-0.15, -0.1) is 0 Å². The monoisotopic (exact) mass is 392 g/mol. The van der Waals surface area contributed by atoms with Crippen LogP contribution in [0.25, 0.3) is 11.1 Å². The highest BCUT2D eigenvalue weighted by molar-refractivity contribution is 5.93. The first-order valence-corrected chi connectivity index (χ1v) is 10.3. The zero-order valence-corrected chi connectivity index (χ0v) is 18.4. The van der Waals surface area contributed by atoms with Gasteiger partial charge in [0.2, 0.25) is 11.8 Å². The quantitative estimate of drug-likeness (QED) is 0.571. The number of carbonyl (C=O) groups is 2. The minimum absolute atomic E-state index is 0.0368. The Morgan fingerprint density at radius 2 is 1.10 bits per heavy atom. The molecule has 0 fully saturated rings. The number of benzene rings is 2. The van der Waals surface area contributed by atoms with Gasteiger partial charge in [0.1, 0.15) is 0 Å². The first-order chi connectivity index (χ1) is 13.4. The van der Waals surface area contributed by atoms with Gasteiger partial charge in [-0.3, -0.25) is 9.59 Å². The maximum absolute atomic E-state index is 12.2. The predicted molar refractivity (Wildman–Crippen MR) is 120 cm³/mol. The van der Waals surface area contributed by atoms with Gasteiger partial charge in [-0.05, 0) is 63.8 Å². The highest BCUT2D eigenvalue weighted by atomic mass is 16.2. The average molecular weight is 393 g/mol. The van der Waals surface area contributed by atoms with Crippen LogP contribution in [0, 0.1) is 10.8 Å². The Kier molecular flexibility index (Phi) is 5.57. The van der Waals surface area contributed by atoms with Crippen molar-refractivity contribution in [3.8, 4) is 11.1 Å². The Labute approximate surface area is 174 Å². The highest BCUT2D eigenvalue weighted by Crippen LogP contribution is 2.39. The molecule has 0 spiro atoms. The fraction of sp³-hybridized carbons (Fsp3) is 0.440. The van der Waals surface area contributed by atoms with Gasteiger partial charge in [0.15, 0.2) is 0 Å². The molecule has 0 aliphatic heterocycles. The molecule has 4 nitrogen and oxygen atoms in total. The second-order valence-corrected chi connectivity index (χ2v) is 10.5. The molecule has 3 rings (SSSR count). The Hall–Kier alpha value is -2.62. The summed E-state index contributed by atoms with van der Waals surface area (Å²) in [6, 6.07) is 12.2. The van der Waals surface area contributed by atoms with Crippen LogP contribution in [0.15, 0.2) is 36.4 Å². The molecule has 1 aliphatic rings. The predicted octanol–water partition coefficient (Wildman–Crippen LogP) is 6.01. The van der Waals surface area contributed by atoms with Gasteiger partial charge in [-0.25, -0.2) is 0 Å². The minimum Gasteiger partial charge on any atom is -0.326 e.